The number of hydrogen-bond donors (Lipinski definition) is 0. The first-order valence-electron chi connectivity index (χ1n) is 13.1. The van der Waals surface area contributed by atoms with Crippen LogP contribution in [0.15, 0.2) is 0 Å². The van der Waals surface area contributed by atoms with Crippen molar-refractivity contribution in [2.45, 2.75) is 132 Å². The molecule has 0 radical (unpaired) electrons. The Morgan fingerprint density at radius 3 is 1.81 bits per heavy atom. The highest BCUT2D eigenvalue weighted by Gasteiger charge is 2.47. The molecule has 1 aliphatic rings. The summed E-state index contributed by atoms with van der Waals surface area (Å²) in [5.74, 6) is 2.22. The summed E-state index contributed by atoms with van der Waals surface area (Å²) in [5.41, 5.74) is -0.463. The Morgan fingerprint density at radius 1 is 0.839 bits per heavy atom. The lowest BCUT2D eigenvalue weighted by Gasteiger charge is -2.32. The van der Waals surface area contributed by atoms with Gasteiger partial charge >= 0.3 is 0 Å². The molecule has 0 aromatic heterocycles. The second kappa shape index (κ2) is 18.3. The van der Waals surface area contributed by atoms with E-state index < -0.39 is 18.7 Å². The van der Waals surface area contributed by atoms with Gasteiger partial charge in [-0.05, 0) is 31.4 Å². The molecular formula is C25H49IO3S2. The number of unbranched alkanes of at least 4 members (excludes halogenated alkanes) is 13. The SMILES string of the molecule is CCCCCCCCCCCCCCCCSCC1(C(I)S(=O)(=O)CCC)CCCO1. The van der Waals surface area contributed by atoms with E-state index in [1.807, 2.05) is 18.7 Å². The van der Waals surface area contributed by atoms with Gasteiger partial charge in [-0.3, -0.25) is 0 Å². The van der Waals surface area contributed by atoms with E-state index in [-0.39, 0.29) is 5.75 Å². The number of alkyl halides is 1. The summed E-state index contributed by atoms with van der Waals surface area (Å²) >= 11 is 4.04. The van der Waals surface area contributed by atoms with Crippen LogP contribution in [-0.2, 0) is 14.6 Å². The van der Waals surface area contributed by atoms with Gasteiger partial charge in [0.25, 0.3) is 0 Å². The van der Waals surface area contributed by atoms with Gasteiger partial charge in [-0.15, -0.1) is 0 Å². The summed E-state index contributed by atoms with van der Waals surface area (Å²) in [6.07, 6.45) is 22.0. The minimum absolute atomic E-state index is 0.273. The Labute approximate surface area is 212 Å². The van der Waals surface area contributed by atoms with Crippen LogP contribution >= 0.6 is 34.4 Å². The number of halogens is 1. The van der Waals surface area contributed by atoms with E-state index in [0.717, 1.165) is 24.3 Å². The van der Waals surface area contributed by atoms with Crippen molar-refractivity contribution in [2.75, 3.05) is 23.9 Å². The van der Waals surface area contributed by atoms with E-state index in [1.165, 1.54) is 89.9 Å². The Hall–Kier alpha value is 0.990. The summed E-state index contributed by atoms with van der Waals surface area (Å²) in [6.45, 7) is 4.93. The van der Waals surface area contributed by atoms with Crippen molar-refractivity contribution < 1.29 is 13.2 Å². The number of ether oxygens (including phenoxy) is 1. The number of thioether (sulfide) groups is 1. The maximum atomic E-state index is 12.6. The molecule has 1 fully saturated rings. The Morgan fingerprint density at radius 2 is 1.35 bits per heavy atom. The van der Waals surface area contributed by atoms with Crippen LogP contribution in [0.25, 0.3) is 0 Å². The molecule has 0 spiro atoms. The molecule has 0 saturated carbocycles. The first-order chi connectivity index (χ1) is 15.0. The first-order valence-corrected chi connectivity index (χ1v) is 17.2. The van der Waals surface area contributed by atoms with Crippen molar-refractivity contribution >= 4 is 44.2 Å². The largest absolute Gasteiger partial charge is 0.372 e. The lowest BCUT2D eigenvalue weighted by Crippen LogP contribution is -2.45. The average Bonchev–Trinajstić information content (AvgIpc) is 3.22. The summed E-state index contributed by atoms with van der Waals surface area (Å²) in [4.78, 5) is 0. The van der Waals surface area contributed by atoms with Gasteiger partial charge in [0.15, 0.2) is 9.84 Å². The second-order valence-corrected chi connectivity index (χ2v) is 14.8. The standard InChI is InChI=1S/C25H49IO3S2/c1-3-5-6-7-8-9-10-11-12-13-14-15-16-17-21-30-23-25(19-18-20-29-25)24(26)31(27,28)22-4-2/h24H,3-23H2,1-2H3. The Kier molecular flexibility index (Phi) is 17.8. The summed E-state index contributed by atoms with van der Waals surface area (Å²) in [5, 5.41) is 0. The van der Waals surface area contributed by atoms with Gasteiger partial charge in [0.2, 0.25) is 0 Å². The zero-order valence-corrected chi connectivity index (χ0v) is 24.1. The molecule has 0 amide bonds. The van der Waals surface area contributed by atoms with Crippen molar-refractivity contribution in [2.24, 2.45) is 0 Å². The second-order valence-electron chi connectivity index (χ2n) is 9.35. The molecule has 0 aromatic carbocycles. The summed E-state index contributed by atoms with van der Waals surface area (Å²) in [7, 11) is -3.08. The summed E-state index contributed by atoms with van der Waals surface area (Å²) < 4.78 is 30.8. The predicted molar refractivity (Wildman–Crippen MR) is 147 cm³/mol. The van der Waals surface area contributed by atoms with Crippen LogP contribution in [0.3, 0.4) is 0 Å². The van der Waals surface area contributed by atoms with E-state index in [9.17, 15) is 8.42 Å². The third kappa shape index (κ3) is 12.9. The first kappa shape index (κ1) is 30.0. The molecule has 2 unspecified atom stereocenters. The van der Waals surface area contributed by atoms with Crippen LogP contribution in [0.1, 0.15) is 123 Å². The van der Waals surface area contributed by atoms with Gasteiger partial charge in [0.05, 0.1) is 5.75 Å². The molecule has 1 saturated heterocycles. The monoisotopic (exact) mass is 588 g/mol. The van der Waals surface area contributed by atoms with E-state index in [0.29, 0.717) is 13.0 Å². The number of sulfone groups is 1. The number of rotatable bonds is 21. The molecular weight excluding hydrogens is 539 g/mol. The van der Waals surface area contributed by atoms with E-state index in [2.05, 4.69) is 29.5 Å². The predicted octanol–water partition coefficient (Wildman–Crippen LogP) is 8.34. The summed E-state index contributed by atoms with van der Waals surface area (Å²) in [6, 6.07) is 0. The molecule has 0 aliphatic carbocycles. The molecule has 2 atom stereocenters. The van der Waals surface area contributed by atoms with Gasteiger partial charge < -0.3 is 4.74 Å². The highest BCUT2D eigenvalue weighted by Crippen LogP contribution is 2.39. The van der Waals surface area contributed by atoms with Gasteiger partial charge in [0.1, 0.15) is 8.86 Å². The zero-order chi connectivity index (χ0) is 22.8. The quantitative estimate of drug-likeness (QED) is 0.0768. The third-order valence-electron chi connectivity index (χ3n) is 6.34. The maximum absolute atomic E-state index is 12.6. The average molecular weight is 589 g/mol. The molecule has 186 valence electrons. The van der Waals surface area contributed by atoms with Crippen LogP contribution in [0.2, 0.25) is 0 Å². The lowest BCUT2D eigenvalue weighted by atomic mass is 10.0. The highest BCUT2D eigenvalue weighted by molar-refractivity contribution is 14.1. The van der Waals surface area contributed by atoms with Crippen LogP contribution < -0.4 is 0 Å². The highest BCUT2D eigenvalue weighted by atomic mass is 127. The minimum Gasteiger partial charge on any atom is -0.372 e. The van der Waals surface area contributed by atoms with E-state index in [4.69, 9.17) is 4.74 Å². The fraction of sp³-hybridized carbons (Fsp3) is 1.00. The van der Waals surface area contributed by atoms with Crippen molar-refractivity contribution in [3.8, 4) is 0 Å². The van der Waals surface area contributed by atoms with Gasteiger partial charge in [-0.25, -0.2) is 8.42 Å². The van der Waals surface area contributed by atoms with Crippen LogP contribution in [0.5, 0.6) is 0 Å². The van der Waals surface area contributed by atoms with Gasteiger partial charge in [-0.2, -0.15) is 11.8 Å². The molecule has 31 heavy (non-hydrogen) atoms. The molecule has 6 heteroatoms. The minimum atomic E-state index is -3.08. The normalized spacial score (nSPS) is 20.4. The Bertz CT molecular complexity index is 519. The molecule has 0 N–H and O–H groups in total. The van der Waals surface area contributed by atoms with E-state index in [1.54, 1.807) is 0 Å². The fourth-order valence-corrected chi connectivity index (χ4v) is 9.31. The van der Waals surface area contributed by atoms with E-state index >= 15 is 0 Å². The molecule has 1 aliphatic heterocycles. The van der Waals surface area contributed by atoms with Crippen molar-refractivity contribution in [1.82, 2.24) is 0 Å². The molecule has 3 nitrogen and oxygen atoms in total. The topological polar surface area (TPSA) is 43.4 Å². The smallest absolute Gasteiger partial charge is 0.165 e. The number of hydrogen-bond acceptors (Lipinski definition) is 4. The van der Waals surface area contributed by atoms with Crippen molar-refractivity contribution in [3.05, 3.63) is 0 Å². The van der Waals surface area contributed by atoms with Crippen LogP contribution in [0, 0.1) is 0 Å². The molecule has 1 rings (SSSR count). The van der Waals surface area contributed by atoms with Crippen molar-refractivity contribution in [3.63, 3.8) is 0 Å². The van der Waals surface area contributed by atoms with Crippen LogP contribution in [-0.4, -0.2) is 41.1 Å². The lowest BCUT2D eigenvalue weighted by molar-refractivity contribution is 0.0399. The molecule has 0 aromatic rings. The fourth-order valence-electron chi connectivity index (χ4n) is 4.44. The Balaban J connectivity index is 2.02. The molecule has 1 heterocycles. The third-order valence-corrected chi connectivity index (χ3v) is 13.1. The maximum Gasteiger partial charge on any atom is 0.165 e. The van der Waals surface area contributed by atoms with Crippen LogP contribution in [0.4, 0.5) is 0 Å². The zero-order valence-electron chi connectivity index (χ0n) is 20.3. The molecule has 0 bridgehead atoms. The van der Waals surface area contributed by atoms with Gasteiger partial charge in [-0.1, -0.05) is 120 Å². The van der Waals surface area contributed by atoms with Crippen molar-refractivity contribution in [1.29, 1.82) is 0 Å². The van der Waals surface area contributed by atoms with Gasteiger partial charge in [0, 0.05) is 12.4 Å².